The van der Waals surface area contributed by atoms with Gasteiger partial charge in [0.2, 0.25) is 0 Å². The van der Waals surface area contributed by atoms with Crippen molar-refractivity contribution in [2.75, 3.05) is 0 Å². The quantitative estimate of drug-likeness (QED) is 0.758. The van der Waals surface area contributed by atoms with Crippen molar-refractivity contribution in [3.05, 3.63) is 65.2 Å². The van der Waals surface area contributed by atoms with Crippen molar-refractivity contribution in [2.24, 2.45) is 5.92 Å². The predicted octanol–water partition coefficient (Wildman–Crippen LogP) is 2.81. The van der Waals surface area contributed by atoms with Crippen LogP contribution < -0.4 is 5.32 Å². The Balaban J connectivity index is 2.11. The van der Waals surface area contributed by atoms with Gasteiger partial charge < -0.3 is 10.4 Å². The van der Waals surface area contributed by atoms with E-state index in [2.05, 4.69) is 5.32 Å². The number of nitrogens with one attached hydrogen (secondary N) is 1. The molecule has 7 heteroatoms. The van der Waals surface area contributed by atoms with E-state index in [1.54, 1.807) is 50.2 Å². The highest BCUT2D eigenvalue weighted by molar-refractivity contribution is 7.90. The summed E-state index contributed by atoms with van der Waals surface area (Å²) in [7, 11) is -3.48. The molecule has 0 aliphatic heterocycles. The first-order chi connectivity index (χ1) is 12.6. The van der Waals surface area contributed by atoms with Gasteiger partial charge in [-0.2, -0.15) is 0 Å². The number of benzene rings is 2. The number of hydrogen-bond acceptors (Lipinski definition) is 4. The SMILES string of the molecule is Cc1ccc(S(=O)(=O)Cc2ccc(C(=O)N[C@H](C(=O)O)C(C)C)cc2)cc1. The summed E-state index contributed by atoms with van der Waals surface area (Å²) in [6.07, 6.45) is 0. The summed E-state index contributed by atoms with van der Waals surface area (Å²) in [5.74, 6) is -2.05. The third-order valence-corrected chi connectivity index (χ3v) is 5.88. The number of amides is 1. The molecule has 2 rings (SSSR count). The smallest absolute Gasteiger partial charge is 0.326 e. The Hall–Kier alpha value is -2.67. The molecular formula is C20H23NO5S. The molecule has 27 heavy (non-hydrogen) atoms. The van der Waals surface area contributed by atoms with E-state index in [-0.39, 0.29) is 22.1 Å². The standard InChI is InChI=1S/C20H23NO5S/c1-13(2)18(20(23)24)21-19(22)16-8-6-15(7-9-16)12-27(25,26)17-10-4-14(3)5-11-17/h4-11,13,18H,12H2,1-3H3,(H,21,22)(H,23,24)/t18-/m0/s1. The molecule has 0 aliphatic carbocycles. The Morgan fingerprint density at radius 2 is 1.56 bits per heavy atom. The largest absolute Gasteiger partial charge is 0.480 e. The topological polar surface area (TPSA) is 101 Å². The van der Waals surface area contributed by atoms with Gasteiger partial charge in [0.05, 0.1) is 10.6 Å². The molecule has 0 saturated heterocycles. The first-order valence-corrected chi connectivity index (χ1v) is 10.2. The van der Waals surface area contributed by atoms with Crippen molar-refractivity contribution in [1.29, 1.82) is 0 Å². The van der Waals surface area contributed by atoms with Gasteiger partial charge in [-0.05, 0) is 42.7 Å². The minimum atomic E-state index is -3.48. The molecule has 0 spiro atoms. The third-order valence-electron chi connectivity index (χ3n) is 4.17. The average molecular weight is 389 g/mol. The van der Waals surface area contributed by atoms with Crippen molar-refractivity contribution in [1.82, 2.24) is 5.32 Å². The number of carboxylic acid groups (broad SMARTS) is 1. The second-order valence-electron chi connectivity index (χ2n) is 6.80. The number of aryl methyl sites for hydroxylation is 1. The monoisotopic (exact) mass is 389 g/mol. The van der Waals surface area contributed by atoms with Crippen LogP contribution in [-0.2, 0) is 20.4 Å². The molecule has 2 aromatic carbocycles. The zero-order valence-corrected chi connectivity index (χ0v) is 16.3. The van der Waals surface area contributed by atoms with Gasteiger partial charge in [0, 0.05) is 5.56 Å². The highest BCUT2D eigenvalue weighted by Gasteiger charge is 2.24. The Kier molecular flexibility index (Phi) is 6.38. The first-order valence-electron chi connectivity index (χ1n) is 8.52. The zero-order valence-electron chi connectivity index (χ0n) is 15.5. The lowest BCUT2D eigenvalue weighted by Crippen LogP contribution is -2.44. The third kappa shape index (κ3) is 5.40. The summed E-state index contributed by atoms with van der Waals surface area (Å²) < 4.78 is 25.0. The van der Waals surface area contributed by atoms with E-state index in [0.717, 1.165) is 5.56 Å². The predicted molar refractivity (Wildman–Crippen MR) is 102 cm³/mol. The maximum Gasteiger partial charge on any atom is 0.326 e. The summed E-state index contributed by atoms with van der Waals surface area (Å²) in [4.78, 5) is 23.7. The van der Waals surface area contributed by atoms with Crippen LogP contribution in [0, 0.1) is 12.8 Å². The summed E-state index contributed by atoms with van der Waals surface area (Å²) in [5, 5.41) is 11.6. The summed E-state index contributed by atoms with van der Waals surface area (Å²) in [6.45, 7) is 5.30. The Bertz CT molecular complexity index is 916. The fourth-order valence-electron chi connectivity index (χ4n) is 2.54. The van der Waals surface area contributed by atoms with Gasteiger partial charge in [0.25, 0.3) is 5.91 Å². The lowest BCUT2D eigenvalue weighted by Gasteiger charge is -2.18. The average Bonchev–Trinajstić information content (AvgIpc) is 2.59. The number of carbonyl (C=O) groups is 2. The van der Waals surface area contributed by atoms with Gasteiger partial charge in [-0.3, -0.25) is 4.79 Å². The molecule has 0 radical (unpaired) electrons. The number of carbonyl (C=O) groups excluding carboxylic acids is 1. The molecule has 0 aromatic heterocycles. The van der Waals surface area contributed by atoms with Gasteiger partial charge in [-0.1, -0.05) is 43.7 Å². The van der Waals surface area contributed by atoms with E-state index < -0.39 is 27.8 Å². The molecule has 0 fully saturated rings. The van der Waals surface area contributed by atoms with Crippen molar-refractivity contribution in [2.45, 2.75) is 37.5 Å². The van der Waals surface area contributed by atoms with E-state index in [1.807, 2.05) is 6.92 Å². The fraction of sp³-hybridized carbons (Fsp3) is 0.300. The molecule has 0 aliphatic rings. The van der Waals surface area contributed by atoms with E-state index in [0.29, 0.717) is 5.56 Å². The second kappa shape index (κ2) is 8.35. The minimum Gasteiger partial charge on any atom is -0.480 e. The molecule has 6 nitrogen and oxygen atoms in total. The van der Waals surface area contributed by atoms with Gasteiger partial charge >= 0.3 is 5.97 Å². The number of aliphatic carboxylic acids is 1. The van der Waals surface area contributed by atoms with Crippen LogP contribution in [0.25, 0.3) is 0 Å². The normalized spacial score (nSPS) is 12.6. The van der Waals surface area contributed by atoms with Gasteiger partial charge in [0.1, 0.15) is 6.04 Å². The van der Waals surface area contributed by atoms with Crippen LogP contribution in [0.15, 0.2) is 53.4 Å². The Labute approximate surface area is 159 Å². The molecule has 1 atom stereocenters. The van der Waals surface area contributed by atoms with E-state index >= 15 is 0 Å². The molecule has 0 unspecified atom stereocenters. The molecule has 2 N–H and O–H groups in total. The summed E-state index contributed by atoms with van der Waals surface area (Å²) in [5.41, 5.74) is 1.80. The van der Waals surface area contributed by atoms with E-state index in [4.69, 9.17) is 5.11 Å². The molecule has 144 valence electrons. The summed E-state index contributed by atoms with van der Waals surface area (Å²) >= 11 is 0. The van der Waals surface area contributed by atoms with Gasteiger partial charge in [0.15, 0.2) is 9.84 Å². The van der Waals surface area contributed by atoms with Crippen molar-refractivity contribution in [3.63, 3.8) is 0 Å². The highest BCUT2D eigenvalue weighted by atomic mass is 32.2. The van der Waals surface area contributed by atoms with Crippen LogP contribution in [0.4, 0.5) is 0 Å². The van der Waals surface area contributed by atoms with Crippen LogP contribution in [0.3, 0.4) is 0 Å². The van der Waals surface area contributed by atoms with Crippen molar-refractivity contribution in [3.8, 4) is 0 Å². The molecule has 2 aromatic rings. The van der Waals surface area contributed by atoms with Crippen LogP contribution in [0.5, 0.6) is 0 Å². The second-order valence-corrected chi connectivity index (χ2v) is 8.79. The molecule has 0 bridgehead atoms. The Morgan fingerprint density at radius 1 is 1.00 bits per heavy atom. The van der Waals surface area contributed by atoms with Crippen LogP contribution in [-0.4, -0.2) is 31.4 Å². The number of hydrogen-bond donors (Lipinski definition) is 2. The Morgan fingerprint density at radius 3 is 2.04 bits per heavy atom. The van der Waals surface area contributed by atoms with Crippen molar-refractivity contribution < 1.29 is 23.1 Å². The van der Waals surface area contributed by atoms with Gasteiger partial charge in [-0.25, -0.2) is 13.2 Å². The van der Waals surface area contributed by atoms with Crippen LogP contribution >= 0.6 is 0 Å². The zero-order chi connectivity index (χ0) is 20.2. The number of sulfone groups is 1. The lowest BCUT2D eigenvalue weighted by molar-refractivity contribution is -0.140. The van der Waals surface area contributed by atoms with Crippen molar-refractivity contribution >= 4 is 21.7 Å². The molecule has 1 amide bonds. The highest BCUT2D eigenvalue weighted by Crippen LogP contribution is 2.17. The minimum absolute atomic E-state index is 0.179. The molecular weight excluding hydrogens is 366 g/mol. The summed E-state index contributed by atoms with van der Waals surface area (Å²) in [6, 6.07) is 11.8. The van der Waals surface area contributed by atoms with E-state index in [9.17, 15) is 18.0 Å². The van der Waals surface area contributed by atoms with Crippen LogP contribution in [0.1, 0.15) is 35.3 Å². The van der Waals surface area contributed by atoms with E-state index in [1.165, 1.54) is 12.1 Å². The maximum absolute atomic E-state index is 12.5. The van der Waals surface area contributed by atoms with Crippen LogP contribution in [0.2, 0.25) is 0 Å². The van der Waals surface area contributed by atoms with Gasteiger partial charge in [-0.15, -0.1) is 0 Å². The molecule has 0 heterocycles. The molecule has 0 saturated carbocycles. The fourth-order valence-corrected chi connectivity index (χ4v) is 3.89. The number of rotatable bonds is 7. The first kappa shape index (κ1) is 20.6. The number of carboxylic acids is 1. The maximum atomic E-state index is 12.5. The lowest BCUT2D eigenvalue weighted by atomic mass is 10.0.